The van der Waals surface area contributed by atoms with Crippen LogP contribution in [0.5, 0.6) is 0 Å². The summed E-state index contributed by atoms with van der Waals surface area (Å²) in [5.74, 6) is -0.933. The first-order valence-corrected chi connectivity index (χ1v) is 10.6. The molecule has 0 aromatic heterocycles. The molecule has 142 valence electrons. The van der Waals surface area contributed by atoms with Crippen LogP contribution in [0.15, 0.2) is 72.8 Å². The Labute approximate surface area is 164 Å². The van der Waals surface area contributed by atoms with E-state index in [-0.39, 0.29) is 6.42 Å². The lowest BCUT2D eigenvalue weighted by atomic mass is 9.99. The topological polar surface area (TPSA) is 71.4 Å². The second-order valence-corrected chi connectivity index (χ2v) is 9.42. The summed E-state index contributed by atoms with van der Waals surface area (Å²) in [6, 6.07) is 21.0. The lowest BCUT2D eigenvalue weighted by Crippen LogP contribution is -2.23. The average molecular weight is 392 g/mol. The van der Waals surface area contributed by atoms with Gasteiger partial charge < -0.3 is 9.67 Å². The fourth-order valence-electron chi connectivity index (χ4n) is 3.48. The van der Waals surface area contributed by atoms with Crippen molar-refractivity contribution in [3.05, 3.63) is 95.1 Å². The van der Waals surface area contributed by atoms with Gasteiger partial charge in [-0.1, -0.05) is 72.8 Å². The van der Waals surface area contributed by atoms with Crippen LogP contribution in [0, 0.1) is 13.8 Å². The van der Waals surface area contributed by atoms with Crippen molar-refractivity contribution >= 4 is 29.2 Å². The first-order chi connectivity index (χ1) is 13.3. The third kappa shape index (κ3) is 3.69. The summed E-state index contributed by atoms with van der Waals surface area (Å²) >= 11 is 0. The van der Waals surface area contributed by atoms with Gasteiger partial charge in [0.05, 0.1) is 6.42 Å². The lowest BCUT2D eigenvalue weighted by molar-refractivity contribution is -0.136. The predicted octanol–water partition coefficient (Wildman–Crippen LogP) is 4.08. The van der Waals surface area contributed by atoms with Gasteiger partial charge in [0.2, 0.25) is 12.7 Å². The molecule has 1 N–H and O–H groups in total. The Hall–Kier alpha value is -2.97. The smallest absolute Gasteiger partial charge is 0.307 e. The van der Waals surface area contributed by atoms with E-state index in [1.807, 2.05) is 12.1 Å². The van der Waals surface area contributed by atoms with Gasteiger partial charge in [0.1, 0.15) is 0 Å². The molecular weight excluding hydrogens is 371 g/mol. The van der Waals surface area contributed by atoms with Crippen molar-refractivity contribution in [2.45, 2.75) is 20.3 Å². The van der Waals surface area contributed by atoms with Gasteiger partial charge in [-0.15, -0.1) is 0 Å². The molecule has 4 nitrogen and oxygen atoms in total. The number of carbonyl (C=O) groups excluding carboxylic acids is 1. The standard InChI is InChI=1S/C23H21O4P/c1-16-13-18(15-21(24)25)14-17(2)22(16)23(26)28(27,19-9-5-3-6-10-19)20-11-7-4-8-12-20/h3-14H,15H2,1-2H3,(H,24,25). The van der Waals surface area contributed by atoms with E-state index in [1.165, 1.54) is 0 Å². The molecule has 0 atom stereocenters. The highest BCUT2D eigenvalue weighted by molar-refractivity contribution is 7.93. The van der Waals surface area contributed by atoms with E-state index < -0.39 is 18.6 Å². The van der Waals surface area contributed by atoms with Gasteiger partial charge in [0.25, 0.3) is 0 Å². The fourth-order valence-corrected chi connectivity index (χ4v) is 6.10. The number of rotatable bonds is 6. The summed E-state index contributed by atoms with van der Waals surface area (Å²) in [5.41, 5.74) is 1.85. The molecule has 0 amide bonds. The van der Waals surface area contributed by atoms with Crippen LogP contribution in [0.25, 0.3) is 0 Å². The maximum absolute atomic E-state index is 14.2. The number of hydrogen-bond donors (Lipinski definition) is 1. The Morgan fingerprint density at radius 3 is 1.64 bits per heavy atom. The van der Waals surface area contributed by atoms with Crippen molar-refractivity contribution in [3.8, 4) is 0 Å². The van der Waals surface area contributed by atoms with E-state index in [1.54, 1.807) is 74.5 Å². The van der Waals surface area contributed by atoms with Crippen molar-refractivity contribution < 1.29 is 19.3 Å². The zero-order chi connectivity index (χ0) is 20.3. The molecule has 0 fully saturated rings. The molecule has 3 aromatic rings. The van der Waals surface area contributed by atoms with Gasteiger partial charge in [-0.05, 0) is 30.5 Å². The van der Waals surface area contributed by atoms with Crippen LogP contribution in [0.2, 0.25) is 0 Å². The lowest BCUT2D eigenvalue weighted by Gasteiger charge is -2.21. The summed E-state index contributed by atoms with van der Waals surface area (Å²) in [5, 5.41) is 10.0. The number of aliphatic carboxylic acids is 1. The zero-order valence-corrected chi connectivity index (χ0v) is 16.6. The Morgan fingerprint density at radius 1 is 0.821 bits per heavy atom. The molecule has 0 bridgehead atoms. The minimum Gasteiger partial charge on any atom is -0.481 e. The molecule has 3 rings (SSSR count). The quantitative estimate of drug-likeness (QED) is 0.642. The number of hydrogen-bond acceptors (Lipinski definition) is 3. The summed E-state index contributed by atoms with van der Waals surface area (Å²) in [6.07, 6.45) is -0.120. The van der Waals surface area contributed by atoms with Crippen LogP contribution >= 0.6 is 7.14 Å². The Bertz CT molecular complexity index is 1010. The molecule has 0 aliphatic carbocycles. The maximum atomic E-state index is 14.2. The molecule has 28 heavy (non-hydrogen) atoms. The van der Waals surface area contributed by atoms with Gasteiger partial charge >= 0.3 is 5.97 Å². The van der Waals surface area contributed by atoms with Crippen LogP contribution < -0.4 is 10.6 Å². The van der Waals surface area contributed by atoms with Crippen molar-refractivity contribution in [2.24, 2.45) is 0 Å². The first kappa shape index (κ1) is 19.8. The monoisotopic (exact) mass is 392 g/mol. The van der Waals surface area contributed by atoms with Gasteiger partial charge in [0, 0.05) is 16.2 Å². The highest BCUT2D eigenvalue weighted by Crippen LogP contribution is 2.47. The van der Waals surface area contributed by atoms with Crippen LogP contribution in [0.1, 0.15) is 27.0 Å². The number of carboxylic acids is 1. The van der Waals surface area contributed by atoms with E-state index in [4.69, 9.17) is 5.11 Å². The number of aryl methyl sites for hydroxylation is 2. The normalized spacial score (nSPS) is 11.2. The largest absolute Gasteiger partial charge is 0.481 e. The molecule has 5 heteroatoms. The fraction of sp³-hybridized carbons (Fsp3) is 0.130. The SMILES string of the molecule is Cc1cc(CC(=O)O)cc(C)c1C(=O)P(=O)(c1ccccc1)c1ccccc1. The van der Waals surface area contributed by atoms with Crippen molar-refractivity contribution in [3.63, 3.8) is 0 Å². The highest BCUT2D eigenvalue weighted by atomic mass is 31.2. The third-order valence-electron chi connectivity index (χ3n) is 4.69. The molecule has 0 radical (unpaired) electrons. The molecule has 3 aromatic carbocycles. The van der Waals surface area contributed by atoms with Crippen molar-refractivity contribution in [2.75, 3.05) is 0 Å². The second-order valence-electron chi connectivity index (χ2n) is 6.76. The molecule has 0 aliphatic heterocycles. The molecular formula is C23H21O4P. The average Bonchev–Trinajstić information content (AvgIpc) is 2.67. The van der Waals surface area contributed by atoms with E-state index in [2.05, 4.69) is 0 Å². The van der Waals surface area contributed by atoms with Crippen LogP contribution in [-0.4, -0.2) is 16.6 Å². The zero-order valence-electron chi connectivity index (χ0n) is 15.8. The van der Waals surface area contributed by atoms with Crippen LogP contribution in [0.4, 0.5) is 0 Å². The summed E-state index contributed by atoms with van der Waals surface area (Å²) in [4.78, 5) is 24.7. The summed E-state index contributed by atoms with van der Waals surface area (Å²) in [6.45, 7) is 3.51. The summed E-state index contributed by atoms with van der Waals surface area (Å²) in [7, 11) is -3.59. The van der Waals surface area contributed by atoms with E-state index >= 15 is 0 Å². The first-order valence-electron chi connectivity index (χ1n) is 8.92. The van der Waals surface area contributed by atoms with Crippen molar-refractivity contribution in [1.29, 1.82) is 0 Å². The van der Waals surface area contributed by atoms with Gasteiger partial charge in [-0.3, -0.25) is 9.59 Å². The highest BCUT2D eigenvalue weighted by Gasteiger charge is 2.37. The number of benzene rings is 3. The molecule has 0 unspecified atom stereocenters. The van der Waals surface area contributed by atoms with Crippen molar-refractivity contribution in [1.82, 2.24) is 0 Å². The van der Waals surface area contributed by atoms with Gasteiger partial charge in [-0.2, -0.15) is 0 Å². The minimum absolute atomic E-state index is 0.120. The Morgan fingerprint density at radius 2 is 1.25 bits per heavy atom. The van der Waals surface area contributed by atoms with Gasteiger partial charge in [0.15, 0.2) is 0 Å². The molecule has 0 spiro atoms. The molecule has 0 heterocycles. The Balaban J connectivity index is 2.19. The minimum atomic E-state index is -3.59. The summed E-state index contributed by atoms with van der Waals surface area (Å²) < 4.78 is 14.2. The predicted molar refractivity (Wildman–Crippen MR) is 111 cm³/mol. The molecule has 0 saturated carbocycles. The molecule has 0 saturated heterocycles. The molecule has 0 aliphatic rings. The van der Waals surface area contributed by atoms with Crippen LogP contribution in [0.3, 0.4) is 0 Å². The second kappa shape index (κ2) is 7.95. The number of carbonyl (C=O) groups is 2. The van der Waals surface area contributed by atoms with Gasteiger partial charge in [-0.25, -0.2) is 0 Å². The third-order valence-corrected chi connectivity index (χ3v) is 7.53. The number of carboxylic acid groups (broad SMARTS) is 1. The van der Waals surface area contributed by atoms with E-state index in [0.29, 0.717) is 32.9 Å². The van der Waals surface area contributed by atoms with E-state index in [9.17, 15) is 14.2 Å². The van der Waals surface area contributed by atoms with Crippen LogP contribution in [-0.2, 0) is 15.8 Å². The Kier molecular flexibility index (Phi) is 5.62. The van der Waals surface area contributed by atoms with E-state index in [0.717, 1.165) is 0 Å². The maximum Gasteiger partial charge on any atom is 0.307 e.